The van der Waals surface area contributed by atoms with Gasteiger partial charge in [-0.25, -0.2) is 14.0 Å². The molecule has 0 radical (unpaired) electrons. The molecule has 0 unspecified atom stereocenters. The number of carbonyl (C=O) groups is 2. The maximum absolute atomic E-state index is 14.6. The number of carbonyl (C=O) groups excluding carboxylic acids is 2. The van der Waals surface area contributed by atoms with Gasteiger partial charge in [0.1, 0.15) is 18.2 Å². The Bertz CT molecular complexity index is 1070. The Morgan fingerprint density at radius 2 is 1.85 bits per heavy atom. The largest absolute Gasteiger partial charge is 0.487 e. The maximum Gasteiger partial charge on any atom is 0.416 e. The van der Waals surface area contributed by atoms with Gasteiger partial charge in [-0.3, -0.25) is 4.90 Å². The highest BCUT2D eigenvalue weighted by Gasteiger charge is 2.39. The summed E-state index contributed by atoms with van der Waals surface area (Å²) >= 11 is 0. The summed E-state index contributed by atoms with van der Waals surface area (Å²) in [5, 5.41) is 2.61. The summed E-state index contributed by atoms with van der Waals surface area (Å²) in [6, 6.07) is 8.09. The molecular weight excluding hydrogens is 444 g/mol. The Hall–Kier alpha value is -3.56. The van der Waals surface area contributed by atoms with Crippen LogP contribution in [0, 0.1) is 5.82 Å². The van der Waals surface area contributed by atoms with E-state index in [-0.39, 0.29) is 35.7 Å². The van der Waals surface area contributed by atoms with Gasteiger partial charge in [-0.1, -0.05) is 24.3 Å². The molecule has 10 heteroatoms. The molecule has 0 fully saturated rings. The Balaban J connectivity index is 2.07. The van der Waals surface area contributed by atoms with E-state index in [1.165, 1.54) is 35.2 Å². The number of nitrogens with one attached hydrogen (secondary N) is 1. The van der Waals surface area contributed by atoms with Gasteiger partial charge in [0, 0.05) is 12.1 Å². The monoisotopic (exact) mass is 466 g/mol. The lowest BCUT2D eigenvalue weighted by Crippen LogP contribution is -2.49. The summed E-state index contributed by atoms with van der Waals surface area (Å²) in [7, 11) is 0. The van der Waals surface area contributed by atoms with Gasteiger partial charge >= 0.3 is 18.2 Å². The van der Waals surface area contributed by atoms with Gasteiger partial charge in [0.25, 0.3) is 0 Å². The van der Waals surface area contributed by atoms with Crippen LogP contribution in [0.2, 0.25) is 0 Å². The lowest BCUT2D eigenvalue weighted by atomic mass is 9.94. The maximum atomic E-state index is 14.6. The third-order valence-corrected chi connectivity index (χ3v) is 5.00. The molecule has 176 valence electrons. The zero-order chi connectivity index (χ0) is 24.2. The van der Waals surface area contributed by atoms with E-state index in [2.05, 4.69) is 5.32 Å². The number of esters is 1. The minimum absolute atomic E-state index is 0.0220. The van der Waals surface area contributed by atoms with Gasteiger partial charge in [-0.05, 0) is 38.1 Å². The molecule has 1 heterocycles. The first-order valence-electron chi connectivity index (χ1n) is 10.2. The number of ether oxygens (including phenoxy) is 2. The fourth-order valence-corrected chi connectivity index (χ4v) is 3.50. The average Bonchev–Trinajstić information content (AvgIpc) is 2.77. The number of alkyl halides is 3. The van der Waals surface area contributed by atoms with Crippen molar-refractivity contribution in [3.63, 3.8) is 0 Å². The third kappa shape index (κ3) is 5.27. The molecule has 3 rings (SSSR count). The van der Waals surface area contributed by atoms with Crippen molar-refractivity contribution in [3.8, 4) is 5.75 Å². The van der Waals surface area contributed by atoms with Crippen LogP contribution in [-0.4, -0.2) is 36.7 Å². The van der Waals surface area contributed by atoms with E-state index in [1.807, 2.05) is 0 Å². The first kappa shape index (κ1) is 24.1. The summed E-state index contributed by atoms with van der Waals surface area (Å²) in [5.41, 5.74) is -0.848. The number of hydrogen-bond donors (Lipinski definition) is 1. The van der Waals surface area contributed by atoms with E-state index in [0.717, 1.165) is 12.1 Å². The van der Waals surface area contributed by atoms with Crippen molar-refractivity contribution in [2.45, 2.75) is 26.1 Å². The quantitative estimate of drug-likeness (QED) is 0.469. The first-order valence-corrected chi connectivity index (χ1v) is 10.2. The highest BCUT2D eigenvalue weighted by Crippen LogP contribution is 2.34. The lowest BCUT2D eigenvalue weighted by Gasteiger charge is -2.36. The molecule has 0 spiro atoms. The second-order valence-electron chi connectivity index (χ2n) is 7.04. The molecule has 33 heavy (non-hydrogen) atoms. The molecule has 1 atom stereocenters. The molecule has 0 saturated heterocycles. The number of likely N-dealkylation sites (N-methyl/N-ethyl adjacent to an activating group) is 1. The van der Waals surface area contributed by atoms with Crippen LogP contribution in [0.4, 0.5) is 22.4 Å². The third-order valence-electron chi connectivity index (χ3n) is 5.00. The molecule has 2 aromatic carbocycles. The smallest absolute Gasteiger partial charge is 0.416 e. The van der Waals surface area contributed by atoms with Crippen LogP contribution in [0.3, 0.4) is 0 Å². The van der Waals surface area contributed by atoms with Crippen molar-refractivity contribution in [1.82, 2.24) is 10.2 Å². The van der Waals surface area contributed by atoms with Crippen LogP contribution in [0.25, 0.3) is 0 Å². The number of amides is 2. The Morgan fingerprint density at radius 1 is 1.12 bits per heavy atom. The Morgan fingerprint density at radius 3 is 2.48 bits per heavy atom. The van der Waals surface area contributed by atoms with Crippen LogP contribution in [0.1, 0.15) is 31.0 Å². The topological polar surface area (TPSA) is 67.9 Å². The number of rotatable bonds is 7. The van der Waals surface area contributed by atoms with E-state index in [1.54, 1.807) is 19.9 Å². The van der Waals surface area contributed by atoms with Gasteiger partial charge in [0.15, 0.2) is 0 Å². The number of nitrogens with zero attached hydrogens (tertiary/aromatic N) is 1. The molecular formula is C23H22F4N2O4. The predicted molar refractivity (Wildman–Crippen MR) is 111 cm³/mol. The van der Waals surface area contributed by atoms with E-state index >= 15 is 0 Å². The van der Waals surface area contributed by atoms with Crippen molar-refractivity contribution in [3.05, 3.63) is 76.7 Å². The second kappa shape index (κ2) is 9.93. The van der Waals surface area contributed by atoms with Crippen molar-refractivity contribution in [2.24, 2.45) is 0 Å². The van der Waals surface area contributed by atoms with Gasteiger partial charge in [-0.2, -0.15) is 13.2 Å². The highest BCUT2D eigenvalue weighted by molar-refractivity contribution is 5.95. The van der Waals surface area contributed by atoms with Crippen molar-refractivity contribution >= 4 is 12.0 Å². The molecule has 1 aliphatic rings. The standard InChI is InChI=1S/C23H22F4N2O4/c1-3-29-18(13-33-15-9-7-8-14(12-15)23(25,26)27)19(21(30)32-4-2)20(28-22(29)31)16-10-5-6-11-17(16)24/h5-12,20H,3-4,13H2,1-2H3,(H,28,31)/t20-/m0/s1. The molecule has 6 nitrogen and oxygen atoms in total. The molecule has 2 amide bonds. The molecule has 0 saturated carbocycles. The molecule has 0 aliphatic carbocycles. The number of halogens is 4. The van der Waals surface area contributed by atoms with Crippen molar-refractivity contribution in [1.29, 1.82) is 0 Å². The van der Waals surface area contributed by atoms with Crippen molar-refractivity contribution in [2.75, 3.05) is 19.8 Å². The summed E-state index contributed by atoms with van der Waals surface area (Å²) in [6.07, 6.45) is -4.56. The number of benzene rings is 2. The zero-order valence-corrected chi connectivity index (χ0v) is 17.9. The molecule has 0 bridgehead atoms. The van der Waals surface area contributed by atoms with Gasteiger partial charge < -0.3 is 14.8 Å². The van der Waals surface area contributed by atoms with E-state index in [9.17, 15) is 27.2 Å². The Kier molecular flexibility index (Phi) is 7.25. The van der Waals surface area contributed by atoms with Gasteiger partial charge in [-0.15, -0.1) is 0 Å². The minimum Gasteiger partial charge on any atom is -0.487 e. The van der Waals surface area contributed by atoms with Crippen LogP contribution in [0.5, 0.6) is 5.75 Å². The summed E-state index contributed by atoms with van der Waals surface area (Å²) in [6.45, 7) is 2.97. The average molecular weight is 466 g/mol. The number of urea groups is 1. The van der Waals surface area contributed by atoms with Crippen LogP contribution in [-0.2, 0) is 15.7 Å². The number of hydrogen-bond acceptors (Lipinski definition) is 4. The summed E-state index contributed by atoms with van der Waals surface area (Å²) < 4.78 is 64.4. The summed E-state index contributed by atoms with van der Waals surface area (Å²) in [5.74, 6) is -1.55. The summed E-state index contributed by atoms with van der Waals surface area (Å²) in [4.78, 5) is 26.8. The normalized spacial score (nSPS) is 16.5. The fraction of sp³-hybridized carbons (Fsp3) is 0.304. The zero-order valence-electron chi connectivity index (χ0n) is 17.9. The molecule has 2 aromatic rings. The van der Waals surface area contributed by atoms with E-state index in [0.29, 0.717) is 0 Å². The predicted octanol–water partition coefficient (Wildman–Crippen LogP) is 4.83. The second-order valence-corrected chi connectivity index (χ2v) is 7.04. The van der Waals surface area contributed by atoms with E-state index < -0.39 is 42.2 Å². The van der Waals surface area contributed by atoms with Crippen molar-refractivity contribution < 1.29 is 36.6 Å². The van der Waals surface area contributed by atoms with Gasteiger partial charge in [0.05, 0.1) is 29.5 Å². The highest BCUT2D eigenvalue weighted by atomic mass is 19.4. The molecule has 1 aliphatic heterocycles. The minimum atomic E-state index is -4.56. The van der Waals surface area contributed by atoms with Gasteiger partial charge in [0.2, 0.25) is 0 Å². The molecule has 1 N–H and O–H groups in total. The van der Waals surface area contributed by atoms with Crippen LogP contribution >= 0.6 is 0 Å². The lowest BCUT2D eigenvalue weighted by molar-refractivity contribution is -0.139. The van der Waals surface area contributed by atoms with E-state index in [4.69, 9.17) is 9.47 Å². The Labute approximate surface area is 187 Å². The SMILES string of the molecule is CCOC(=O)C1=C(COc2cccc(C(F)(F)F)c2)N(CC)C(=O)N[C@H]1c1ccccc1F. The molecule has 0 aromatic heterocycles. The van der Waals surface area contributed by atoms with Crippen LogP contribution in [0.15, 0.2) is 59.8 Å². The fourth-order valence-electron chi connectivity index (χ4n) is 3.50. The first-order chi connectivity index (χ1) is 15.7. The van der Waals surface area contributed by atoms with Crippen LogP contribution < -0.4 is 10.1 Å².